The third-order valence-corrected chi connectivity index (χ3v) is 8.46. The maximum Gasteiger partial charge on any atom is 0.227 e. The number of hydrogen-bond acceptors (Lipinski definition) is 4. The van der Waals surface area contributed by atoms with Gasteiger partial charge in [-0.1, -0.05) is 18.9 Å². The maximum atomic E-state index is 14.8. The normalized spacial score (nSPS) is 31.7. The lowest BCUT2D eigenvalue weighted by Gasteiger charge is -2.47. The van der Waals surface area contributed by atoms with E-state index in [1.165, 1.54) is 37.8 Å². The summed E-state index contributed by atoms with van der Waals surface area (Å²) in [5.41, 5.74) is 0.328. The molecule has 5 nitrogen and oxygen atoms in total. The van der Waals surface area contributed by atoms with Gasteiger partial charge in [-0.15, -0.1) is 0 Å². The van der Waals surface area contributed by atoms with E-state index in [2.05, 4.69) is 49.9 Å². The first-order valence-electron chi connectivity index (χ1n) is 13.0. The van der Waals surface area contributed by atoms with Crippen LogP contribution >= 0.6 is 0 Å². The predicted molar refractivity (Wildman–Crippen MR) is 132 cm³/mol. The zero-order valence-electron chi connectivity index (χ0n) is 21.5. The average molecular weight is 477 g/mol. The number of nitrogens with one attached hydrogen (secondary N) is 1. The molecule has 1 aromatic carbocycles. The Morgan fingerprint density at radius 3 is 2.44 bits per heavy atom. The minimum atomic E-state index is -0.581. The van der Waals surface area contributed by atoms with Crippen molar-refractivity contribution in [3.8, 4) is 0 Å². The Kier molecular flexibility index (Phi) is 7.65. The molecule has 2 heterocycles. The van der Waals surface area contributed by atoms with Crippen LogP contribution in [0.3, 0.4) is 0 Å². The molecule has 1 aliphatic carbocycles. The standard InChI is InChI=1S/C27H42F2N4O/c1-18-15-31(25-9-7-6-8-24(25)30-5)12-13-33(18)26(34)22-17-32(27(2,3)4)16-21(22)20-11-10-19(28)14-23(20)29/h10-11,14,18,21-22,24-25,30H,6-9,12-13,15-17H2,1-5H3/t18-,21-,22+,24-,25?/m0/s1. The molecule has 0 bridgehead atoms. The molecule has 3 aliphatic rings. The third-order valence-electron chi connectivity index (χ3n) is 8.46. The molecule has 1 saturated carbocycles. The van der Waals surface area contributed by atoms with Gasteiger partial charge in [0, 0.05) is 68.4 Å². The maximum absolute atomic E-state index is 14.8. The lowest BCUT2D eigenvalue weighted by Crippen LogP contribution is -2.61. The molecule has 1 amide bonds. The lowest BCUT2D eigenvalue weighted by atomic mass is 9.86. The van der Waals surface area contributed by atoms with Crippen molar-refractivity contribution >= 4 is 5.91 Å². The van der Waals surface area contributed by atoms with Gasteiger partial charge in [0.15, 0.2) is 0 Å². The van der Waals surface area contributed by atoms with Gasteiger partial charge in [0.25, 0.3) is 0 Å². The molecule has 7 heteroatoms. The fraction of sp³-hybridized carbons (Fsp3) is 0.741. The monoisotopic (exact) mass is 476 g/mol. The Morgan fingerprint density at radius 2 is 1.79 bits per heavy atom. The quantitative estimate of drug-likeness (QED) is 0.717. The van der Waals surface area contributed by atoms with Crippen molar-refractivity contribution in [2.24, 2.45) is 5.92 Å². The summed E-state index contributed by atoms with van der Waals surface area (Å²) in [5, 5.41) is 3.51. The number of hydrogen-bond donors (Lipinski definition) is 1. The molecule has 0 spiro atoms. The summed E-state index contributed by atoms with van der Waals surface area (Å²) in [6.07, 6.45) is 4.97. The van der Waals surface area contributed by atoms with Gasteiger partial charge in [-0.3, -0.25) is 14.6 Å². The number of benzene rings is 1. The van der Waals surface area contributed by atoms with Crippen LogP contribution in [-0.2, 0) is 4.79 Å². The molecule has 190 valence electrons. The number of rotatable bonds is 4. The summed E-state index contributed by atoms with van der Waals surface area (Å²) in [4.78, 5) is 20.8. The number of amides is 1. The Bertz CT molecular complexity index is 873. The van der Waals surface area contributed by atoms with Crippen LogP contribution in [-0.4, -0.2) is 84.0 Å². The fourth-order valence-electron chi connectivity index (χ4n) is 6.43. The molecule has 1 unspecified atom stereocenters. The first-order chi connectivity index (χ1) is 16.1. The molecule has 0 radical (unpaired) electrons. The minimum absolute atomic E-state index is 0.112. The predicted octanol–water partition coefficient (Wildman–Crippen LogP) is 3.84. The molecule has 5 atom stereocenters. The van der Waals surface area contributed by atoms with E-state index in [9.17, 15) is 13.6 Å². The summed E-state index contributed by atoms with van der Waals surface area (Å²) < 4.78 is 28.4. The van der Waals surface area contributed by atoms with Crippen molar-refractivity contribution in [3.63, 3.8) is 0 Å². The van der Waals surface area contributed by atoms with Crippen LogP contribution in [0.1, 0.15) is 64.9 Å². The van der Waals surface area contributed by atoms with E-state index in [1.807, 2.05) is 4.90 Å². The summed E-state index contributed by atoms with van der Waals surface area (Å²) in [6.45, 7) is 12.2. The van der Waals surface area contributed by atoms with Crippen LogP contribution in [0, 0.1) is 17.6 Å². The van der Waals surface area contributed by atoms with Crippen LogP contribution in [0.2, 0.25) is 0 Å². The van der Waals surface area contributed by atoms with Gasteiger partial charge in [0.2, 0.25) is 5.91 Å². The average Bonchev–Trinajstić information content (AvgIpc) is 3.24. The van der Waals surface area contributed by atoms with E-state index in [1.54, 1.807) is 0 Å². The van der Waals surface area contributed by atoms with Crippen LogP contribution in [0.15, 0.2) is 18.2 Å². The van der Waals surface area contributed by atoms with Crippen molar-refractivity contribution in [2.45, 2.75) is 83.0 Å². The SMILES string of the molecule is CN[C@H]1CCCCC1N1CCN(C(=O)[C@@H]2CN(C(C)(C)C)C[C@H]2c2ccc(F)cc2F)[C@@H](C)C1. The number of nitrogens with zero attached hydrogens (tertiary/aromatic N) is 3. The fourth-order valence-corrected chi connectivity index (χ4v) is 6.43. The zero-order valence-corrected chi connectivity index (χ0v) is 21.5. The van der Waals surface area contributed by atoms with Gasteiger partial charge in [-0.05, 0) is 59.2 Å². The van der Waals surface area contributed by atoms with E-state index in [0.29, 0.717) is 37.3 Å². The molecule has 0 aromatic heterocycles. The lowest BCUT2D eigenvalue weighted by molar-refractivity contribution is -0.141. The molecule has 2 saturated heterocycles. The van der Waals surface area contributed by atoms with E-state index in [0.717, 1.165) is 19.2 Å². The van der Waals surface area contributed by atoms with E-state index >= 15 is 0 Å². The van der Waals surface area contributed by atoms with Crippen molar-refractivity contribution in [1.29, 1.82) is 0 Å². The third kappa shape index (κ3) is 5.17. The topological polar surface area (TPSA) is 38.8 Å². The molecular weight excluding hydrogens is 434 g/mol. The Hall–Kier alpha value is -1.57. The molecule has 4 rings (SSSR count). The highest BCUT2D eigenvalue weighted by Gasteiger charge is 2.46. The van der Waals surface area contributed by atoms with E-state index < -0.39 is 11.6 Å². The Balaban J connectivity index is 1.51. The molecule has 1 aromatic rings. The van der Waals surface area contributed by atoms with Crippen LogP contribution in [0.5, 0.6) is 0 Å². The second kappa shape index (κ2) is 10.2. The largest absolute Gasteiger partial charge is 0.337 e. The highest BCUT2D eigenvalue weighted by atomic mass is 19.1. The van der Waals surface area contributed by atoms with Crippen LogP contribution in [0.25, 0.3) is 0 Å². The molecular formula is C27H42F2N4O. The number of piperazine rings is 1. The summed E-state index contributed by atoms with van der Waals surface area (Å²) in [7, 11) is 2.06. The molecule has 3 fully saturated rings. The second-order valence-corrected chi connectivity index (χ2v) is 11.6. The summed E-state index contributed by atoms with van der Waals surface area (Å²) >= 11 is 0. The van der Waals surface area contributed by atoms with Crippen LogP contribution in [0.4, 0.5) is 8.78 Å². The van der Waals surface area contributed by atoms with Crippen molar-refractivity contribution in [3.05, 3.63) is 35.4 Å². The van der Waals surface area contributed by atoms with Gasteiger partial charge >= 0.3 is 0 Å². The number of halogens is 2. The van der Waals surface area contributed by atoms with Gasteiger partial charge in [-0.25, -0.2) is 8.78 Å². The van der Waals surface area contributed by atoms with Gasteiger partial charge in [-0.2, -0.15) is 0 Å². The number of carbonyl (C=O) groups excluding carboxylic acids is 1. The smallest absolute Gasteiger partial charge is 0.227 e. The minimum Gasteiger partial charge on any atom is -0.337 e. The highest BCUT2D eigenvalue weighted by molar-refractivity contribution is 5.81. The van der Waals surface area contributed by atoms with Gasteiger partial charge < -0.3 is 10.2 Å². The Morgan fingerprint density at radius 1 is 1.06 bits per heavy atom. The number of likely N-dealkylation sites (N-methyl/N-ethyl adjacent to an activating group) is 1. The summed E-state index contributed by atoms with van der Waals surface area (Å²) in [6, 6.07) is 4.95. The molecule has 1 N–H and O–H groups in total. The molecule has 2 aliphatic heterocycles. The Labute approximate surface area is 203 Å². The second-order valence-electron chi connectivity index (χ2n) is 11.6. The first kappa shape index (κ1) is 25.5. The van der Waals surface area contributed by atoms with Gasteiger partial charge in [0.05, 0.1) is 5.92 Å². The van der Waals surface area contributed by atoms with Gasteiger partial charge in [0.1, 0.15) is 11.6 Å². The van der Waals surface area contributed by atoms with Crippen molar-refractivity contribution in [2.75, 3.05) is 39.8 Å². The highest BCUT2D eigenvalue weighted by Crippen LogP contribution is 2.39. The van der Waals surface area contributed by atoms with E-state index in [4.69, 9.17) is 0 Å². The van der Waals surface area contributed by atoms with Crippen LogP contribution < -0.4 is 5.32 Å². The number of likely N-dealkylation sites (tertiary alicyclic amines) is 1. The van der Waals surface area contributed by atoms with Crippen molar-refractivity contribution < 1.29 is 13.6 Å². The number of carbonyl (C=O) groups is 1. The van der Waals surface area contributed by atoms with Crippen molar-refractivity contribution in [1.82, 2.24) is 20.0 Å². The molecule has 34 heavy (non-hydrogen) atoms. The summed E-state index contributed by atoms with van der Waals surface area (Å²) in [5.74, 6) is -1.62. The van der Waals surface area contributed by atoms with E-state index in [-0.39, 0.29) is 29.3 Å². The first-order valence-corrected chi connectivity index (χ1v) is 13.0. The zero-order chi connectivity index (χ0) is 24.6.